The number of pyridine rings is 1. The van der Waals surface area contributed by atoms with Crippen LogP contribution < -0.4 is 10.6 Å². The van der Waals surface area contributed by atoms with Crippen molar-refractivity contribution in [1.29, 1.82) is 0 Å². The van der Waals surface area contributed by atoms with E-state index in [0.29, 0.717) is 31.1 Å². The molecule has 1 saturated heterocycles. The van der Waals surface area contributed by atoms with E-state index in [4.69, 9.17) is 4.98 Å². The molecule has 0 aliphatic carbocycles. The van der Waals surface area contributed by atoms with Crippen LogP contribution in [0.5, 0.6) is 0 Å². The summed E-state index contributed by atoms with van der Waals surface area (Å²) in [4.78, 5) is 29.9. The highest BCUT2D eigenvalue weighted by Crippen LogP contribution is 2.28. The second-order valence-corrected chi connectivity index (χ2v) is 7.77. The molecule has 4 rings (SSSR count). The number of nitrogens with zero attached hydrogens (tertiary/aromatic N) is 3. The van der Waals surface area contributed by atoms with Crippen molar-refractivity contribution >= 4 is 28.7 Å². The van der Waals surface area contributed by atoms with Crippen LogP contribution in [-0.4, -0.2) is 51.5 Å². The molecule has 9 heteroatoms. The number of benzene rings is 1. The summed E-state index contributed by atoms with van der Waals surface area (Å²) in [5, 5.41) is 14.0. The normalized spacial score (nSPS) is 16.3. The molecule has 0 spiro atoms. The van der Waals surface area contributed by atoms with Gasteiger partial charge in [0, 0.05) is 38.2 Å². The minimum Gasteiger partial charge on any atom is -0.364 e. The second kappa shape index (κ2) is 9.11. The summed E-state index contributed by atoms with van der Waals surface area (Å²) in [5.41, 5.74) is 2.55. The smallest absolute Gasteiger partial charge is 0.241 e. The molecule has 1 aliphatic rings. The lowest BCUT2D eigenvalue weighted by molar-refractivity contribution is -0.133. The molecule has 31 heavy (non-hydrogen) atoms. The molecule has 162 valence electrons. The molecule has 0 unspecified atom stereocenters. The van der Waals surface area contributed by atoms with Gasteiger partial charge in [0.05, 0.1) is 11.9 Å². The van der Waals surface area contributed by atoms with E-state index in [9.17, 15) is 14.0 Å². The molecular formula is C22H25FN6O2. The summed E-state index contributed by atoms with van der Waals surface area (Å²) in [7, 11) is 0. The molecule has 2 amide bonds. The lowest BCUT2D eigenvalue weighted by Gasteiger charge is -2.32. The van der Waals surface area contributed by atoms with Gasteiger partial charge in [0.2, 0.25) is 11.8 Å². The molecule has 3 aromatic rings. The molecule has 0 radical (unpaired) electrons. The quantitative estimate of drug-likeness (QED) is 0.564. The number of H-pyrrole nitrogens is 1. The molecular weight excluding hydrogens is 399 g/mol. The summed E-state index contributed by atoms with van der Waals surface area (Å²) < 4.78 is 13.1. The largest absolute Gasteiger partial charge is 0.364 e. The summed E-state index contributed by atoms with van der Waals surface area (Å²) in [6, 6.07) is 10.3. The number of carbonyl (C=O) groups is 2. The lowest BCUT2D eigenvalue weighted by atomic mass is 9.94. The summed E-state index contributed by atoms with van der Waals surface area (Å²) in [6.07, 6.45) is 1.84. The Labute approximate surface area is 179 Å². The van der Waals surface area contributed by atoms with E-state index in [0.717, 1.165) is 29.5 Å². The van der Waals surface area contributed by atoms with Crippen LogP contribution in [0, 0.1) is 5.82 Å². The van der Waals surface area contributed by atoms with Crippen LogP contribution >= 0.6 is 0 Å². The van der Waals surface area contributed by atoms with Gasteiger partial charge in [0.25, 0.3) is 0 Å². The van der Waals surface area contributed by atoms with Crippen LogP contribution in [0.4, 0.5) is 10.2 Å². The van der Waals surface area contributed by atoms with Crippen molar-refractivity contribution < 1.29 is 14.0 Å². The SMILES string of the molecule is CC(=O)NCC(=O)N1CCC[C@H](c2ccc3c(NCc4ccc(F)cc4)n[nH]c3n2)C1. The van der Waals surface area contributed by atoms with Crippen molar-refractivity contribution in [3.8, 4) is 0 Å². The fraction of sp³-hybridized carbons (Fsp3) is 0.364. The first kappa shape index (κ1) is 20.8. The van der Waals surface area contributed by atoms with Crippen LogP contribution in [0.15, 0.2) is 36.4 Å². The lowest BCUT2D eigenvalue weighted by Crippen LogP contribution is -2.44. The number of amides is 2. The molecule has 8 nitrogen and oxygen atoms in total. The Hall–Kier alpha value is -3.49. The molecule has 1 aliphatic heterocycles. The standard InChI is InChI=1S/C22H25FN6O2/c1-14(30)24-12-20(31)29-10-2-3-16(13-29)19-9-8-18-21(27-28-22(18)26-19)25-11-15-4-6-17(23)7-5-15/h4-9,16H,2-3,10-13H2,1H3,(H,24,30)(H2,25,26,27,28)/t16-/m0/s1. The number of hydrogen-bond acceptors (Lipinski definition) is 5. The first-order chi connectivity index (χ1) is 15.0. The van der Waals surface area contributed by atoms with Crippen LogP contribution in [0.25, 0.3) is 11.0 Å². The first-order valence-corrected chi connectivity index (χ1v) is 10.3. The first-order valence-electron chi connectivity index (χ1n) is 10.3. The number of fused-ring (bicyclic) bond motifs is 1. The maximum absolute atomic E-state index is 13.1. The number of hydrogen-bond donors (Lipinski definition) is 3. The highest BCUT2D eigenvalue weighted by Gasteiger charge is 2.26. The second-order valence-electron chi connectivity index (χ2n) is 7.77. The van der Waals surface area contributed by atoms with E-state index in [1.807, 2.05) is 12.1 Å². The monoisotopic (exact) mass is 424 g/mol. The zero-order chi connectivity index (χ0) is 21.8. The Morgan fingerprint density at radius 2 is 2.03 bits per heavy atom. The Morgan fingerprint density at radius 1 is 1.23 bits per heavy atom. The van der Waals surface area contributed by atoms with Crippen LogP contribution in [0.3, 0.4) is 0 Å². The summed E-state index contributed by atoms with van der Waals surface area (Å²) >= 11 is 0. The number of likely N-dealkylation sites (tertiary alicyclic amines) is 1. The molecule has 0 saturated carbocycles. The number of aromatic amines is 1. The fourth-order valence-corrected chi connectivity index (χ4v) is 3.83. The van der Waals surface area contributed by atoms with Gasteiger partial charge in [0.15, 0.2) is 11.5 Å². The van der Waals surface area contributed by atoms with Gasteiger partial charge in [-0.1, -0.05) is 12.1 Å². The number of rotatable bonds is 6. The number of nitrogens with one attached hydrogen (secondary N) is 3. The summed E-state index contributed by atoms with van der Waals surface area (Å²) in [6.45, 7) is 3.23. The number of aromatic nitrogens is 3. The van der Waals surface area contributed by atoms with Gasteiger partial charge in [-0.3, -0.25) is 14.7 Å². The number of carbonyl (C=O) groups excluding carboxylic acids is 2. The molecule has 3 heterocycles. The number of anilines is 1. The molecule has 1 aromatic carbocycles. The van der Waals surface area contributed by atoms with E-state index in [2.05, 4.69) is 20.8 Å². The minimum absolute atomic E-state index is 0.0259. The Bertz CT molecular complexity index is 1080. The zero-order valence-electron chi connectivity index (χ0n) is 17.3. The molecule has 3 N–H and O–H groups in total. The molecule has 1 fully saturated rings. The third kappa shape index (κ3) is 4.99. The number of piperidine rings is 1. The third-order valence-electron chi connectivity index (χ3n) is 5.50. The fourth-order valence-electron chi connectivity index (χ4n) is 3.83. The van der Waals surface area contributed by atoms with E-state index in [1.54, 1.807) is 17.0 Å². The van der Waals surface area contributed by atoms with Crippen molar-refractivity contribution in [3.63, 3.8) is 0 Å². The Balaban J connectivity index is 1.42. The van der Waals surface area contributed by atoms with E-state index in [1.165, 1.54) is 19.1 Å². The van der Waals surface area contributed by atoms with Crippen molar-refractivity contribution in [2.75, 3.05) is 25.0 Å². The maximum atomic E-state index is 13.1. The number of halogens is 1. The van der Waals surface area contributed by atoms with Crippen LogP contribution in [0.2, 0.25) is 0 Å². The van der Waals surface area contributed by atoms with Gasteiger partial charge in [-0.15, -0.1) is 0 Å². The molecule has 2 aromatic heterocycles. The van der Waals surface area contributed by atoms with E-state index in [-0.39, 0.29) is 30.1 Å². The predicted octanol–water partition coefficient (Wildman–Crippen LogP) is 2.55. The third-order valence-corrected chi connectivity index (χ3v) is 5.50. The zero-order valence-corrected chi connectivity index (χ0v) is 17.3. The predicted molar refractivity (Wildman–Crippen MR) is 115 cm³/mol. The van der Waals surface area contributed by atoms with Crippen molar-refractivity contribution in [1.82, 2.24) is 25.4 Å². The Kier molecular flexibility index (Phi) is 6.11. The topological polar surface area (TPSA) is 103 Å². The van der Waals surface area contributed by atoms with Crippen molar-refractivity contribution in [2.24, 2.45) is 0 Å². The highest BCUT2D eigenvalue weighted by molar-refractivity contribution is 5.87. The van der Waals surface area contributed by atoms with Gasteiger partial charge in [-0.25, -0.2) is 9.37 Å². The van der Waals surface area contributed by atoms with Crippen LogP contribution in [-0.2, 0) is 16.1 Å². The Morgan fingerprint density at radius 3 is 2.81 bits per heavy atom. The van der Waals surface area contributed by atoms with Crippen molar-refractivity contribution in [3.05, 3.63) is 53.5 Å². The van der Waals surface area contributed by atoms with Gasteiger partial charge in [0.1, 0.15) is 5.82 Å². The van der Waals surface area contributed by atoms with E-state index >= 15 is 0 Å². The minimum atomic E-state index is -0.260. The van der Waals surface area contributed by atoms with Gasteiger partial charge in [-0.05, 0) is 42.7 Å². The average Bonchev–Trinajstić information content (AvgIpc) is 3.19. The summed E-state index contributed by atoms with van der Waals surface area (Å²) in [5.74, 6) is 0.281. The van der Waals surface area contributed by atoms with Gasteiger partial charge in [-0.2, -0.15) is 5.10 Å². The van der Waals surface area contributed by atoms with Crippen molar-refractivity contribution in [2.45, 2.75) is 32.2 Å². The molecule has 1 atom stereocenters. The average molecular weight is 424 g/mol. The van der Waals surface area contributed by atoms with Gasteiger partial charge < -0.3 is 15.5 Å². The van der Waals surface area contributed by atoms with E-state index < -0.39 is 0 Å². The van der Waals surface area contributed by atoms with Gasteiger partial charge >= 0.3 is 0 Å². The molecule has 0 bridgehead atoms. The maximum Gasteiger partial charge on any atom is 0.241 e. The van der Waals surface area contributed by atoms with Crippen LogP contribution in [0.1, 0.15) is 36.9 Å². The highest BCUT2D eigenvalue weighted by atomic mass is 19.1.